The van der Waals surface area contributed by atoms with E-state index in [1.165, 1.54) is 10.8 Å². The lowest BCUT2D eigenvalue weighted by atomic mass is 10.1. The predicted molar refractivity (Wildman–Crippen MR) is 104 cm³/mol. The van der Waals surface area contributed by atoms with Crippen LogP contribution in [0.3, 0.4) is 0 Å². The lowest BCUT2D eigenvalue weighted by Gasteiger charge is -2.14. The fraction of sp³-hybridized carbons (Fsp3) is 0.150. The number of carbonyl (C=O) groups excluding carboxylic acids is 1. The first kappa shape index (κ1) is 16.4. The van der Waals surface area contributed by atoms with Gasteiger partial charge in [0.25, 0.3) is 0 Å². The van der Waals surface area contributed by atoms with Crippen molar-refractivity contribution < 1.29 is 4.79 Å². The Morgan fingerprint density at radius 3 is 2.54 bits per heavy atom. The number of amides is 1. The van der Waals surface area contributed by atoms with Gasteiger partial charge < -0.3 is 10.2 Å². The molecule has 0 heterocycles. The van der Waals surface area contributed by atoms with Gasteiger partial charge in [-0.1, -0.05) is 36.4 Å². The maximum absolute atomic E-state index is 12.2. The van der Waals surface area contributed by atoms with Crippen LogP contribution in [0.15, 0.2) is 71.6 Å². The predicted octanol–water partition coefficient (Wildman–Crippen LogP) is 4.64. The van der Waals surface area contributed by atoms with Crippen LogP contribution >= 0.6 is 11.8 Å². The minimum Gasteiger partial charge on any atom is -0.378 e. The molecule has 0 aromatic heterocycles. The highest BCUT2D eigenvalue weighted by molar-refractivity contribution is 8.00. The molecule has 0 aliphatic rings. The van der Waals surface area contributed by atoms with Crippen molar-refractivity contribution in [2.45, 2.75) is 4.90 Å². The van der Waals surface area contributed by atoms with Gasteiger partial charge in [-0.05, 0) is 41.1 Å². The average Bonchev–Trinajstić information content (AvgIpc) is 2.60. The van der Waals surface area contributed by atoms with Crippen molar-refractivity contribution in [3.8, 4) is 0 Å². The van der Waals surface area contributed by atoms with E-state index in [0.717, 1.165) is 16.3 Å². The second kappa shape index (κ2) is 7.41. The third kappa shape index (κ3) is 4.09. The van der Waals surface area contributed by atoms with E-state index in [-0.39, 0.29) is 5.91 Å². The fourth-order valence-corrected chi connectivity index (χ4v) is 3.21. The molecule has 1 N–H and O–H groups in total. The maximum Gasteiger partial charge on any atom is 0.234 e. The number of hydrogen-bond donors (Lipinski definition) is 1. The number of anilines is 2. The summed E-state index contributed by atoms with van der Waals surface area (Å²) in [5, 5.41) is 5.37. The summed E-state index contributed by atoms with van der Waals surface area (Å²) < 4.78 is 0. The van der Waals surface area contributed by atoms with E-state index in [9.17, 15) is 4.79 Å². The van der Waals surface area contributed by atoms with Crippen LogP contribution in [-0.2, 0) is 4.79 Å². The molecule has 0 fully saturated rings. The highest BCUT2D eigenvalue weighted by atomic mass is 32.2. The second-order valence-electron chi connectivity index (χ2n) is 5.79. The summed E-state index contributed by atoms with van der Waals surface area (Å²) in [5.41, 5.74) is 1.89. The molecule has 0 aliphatic carbocycles. The van der Waals surface area contributed by atoms with E-state index in [1.54, 1.807) is 11.8 Å². The molecule has 0 atom stereocenters. The molecule has 3 rings (SSSR count). The van der Waals surface area contributed by atoms with Gasteiger partial charge in [0, 0.05) is 30.4 Å². The van der Waals surface area contributed by atoms with Crippen molar-refractivity contribution in [3.63, 3.8) is 0 Å². The largest absolute Gasteiger partial charge is 0.378 e. The van der Waals surface area contributed by atoms with Crippen LogP contribution in [0.2, 0.25) is 0 Å². The molecular weight excluding hydrogens is 316 g/mol. The van der Waals surface area contributed by atoms with Crippen LogP contribution in [0.25, 0.3) is 10.8 Å². The third-order valence-corrected chi connectivity index (χ3v) is 4.73. The Balaban J connectivity index is 1.61. The lowest BCUT2D eigenvalue weighted by molar-refractivity contribution is -0.113. The van der Waals surface area contributed by atoms with Crippen molar-refractivity contribution in [2.75, 3.05) is 30.1 Å². The molecule has 4 heteroatoms. The first-order valence-electron chi connectivity index (χ1n) is 7.81. The SMILES string of the molecule is CN(C)c1cccc(NC(=O)CSc2ccc3ccccc3c2)c1. The molecule has 3 nitrogen and oxygen atoms in total. The van der Waals surface area contributed by atoms with Crippen molar-refractivity contribution >= 4 is 39.8 Å². The van der Waals surface area contributed by atoms with Gasteiger partial charge in [-0.3, -0.25) is 4.79 Å². The number of nitrogens with zero attached hydrogens (tertiary/aromatic N) is 1. The topological polar surface area (TPSA) is 32.3 Å². The second-order valence-corrected chi connectivity index (χ2v) is 6.84. The minimum absolute atomic E-state index is 0.00376. The van der Waals surface area contributed by atoms with Crippen LogP contribution in [0.5, 0.6) is 0 Å². The number of benzene rings is 3. The van der Waals surface area contributed by atoms with E-state index in [0.29, 0.717) is 5.75 Å². The van der Waals surface area contributed by atoms with Crippen LogP contribution < -0.4 is 10.2 Å². The first-order chi connectivity index (χ1) is 11.6. The van der Waals surface area contributed by atoms with Crippen molar-refractivity contribution in [1.82, 2.24) is 0 Å². The molecule has 0 saturated carbocycles. The number of hydrogen-bond acceptors (Lipinski definition) is 3. The molecule has 3 aromatic rings. The van der Waals surface area contributed by atoms with Crippen molar-refractivity contribution in [3.05, 3.63) is 66.7 Å². The van der Waals surface area contributed by atoms with E-state index in [2.05, 4.69) is 35.6 Å². The van der Waals surface area contributed by atoms with Gasteiger partial charge in [-0.2, -0.15) is 0 Å². The summed E-state index contributed by atoms with van der Waals surface area (Å²) in [7, 11) is 3.97. The highest BCUT2D eigenvalue weighted by Crippen LogP contribution is 2.24. The Morgan fingerprint density at radius 2 is 1.75 bits per heavy atom. The molecule has 0 unspecified atom stereocenters. The summed E-state index contributed by atoms with van der Waals surface area (Å²) in [6.45, 7) is 0. The van der Waals surface area contributed by atoms with E-state index in [4.69, 9.17) is 0 Å². The average molecular weight is 336 g/mol. The summed E-state index contributed by atoms with van der Waals surface area (Å²) in [6.07, 6.45) is 0. The molecule has 0 spiro atoms. The van der Waals surface area contributed by atoms with Gasteiger partial charge in [-0.25, -0.2) is 0 Å². The van der Waals surface area contributed by atoms with Crippen molar-refractivity contribution in [1.29, 1.82) is 0 Å². The number of fused-ring (bicyclic) bond motifs is 1. The molecule has 1 amide bonds. The summed E-state index contributed by atoms with van der Waals surface area (Å²) in [5.74, 6) is 0.397. The Kier molecular flexibility index (Phi) is 5.06. The van der Waals surface area contributed by atoms with Crippen molar-refractivity contribution in [2.24, 2.45) is 0 Å². The molecule has 0 aliphatic heterocycles. The van der Waals surface area contributed by atoms with Crippen LogP contribution in [-0.4, -0.2) is 25.8 Å². The molecule has 24 heavy (non-hydrogen) atoms. The molecular formula is C20H20N2OS. The zero-order chi connectivity index (χ0) is 16.9. The third-order valence-electron chi connectivity index (χ3n) is 3.74. The Bertz CT molecular complexity index is 861. The first-order valence-corrected chi connectivity index (χ1v) is 8.79. The van der Waals surface area contributed by atoms with Gasteiger partial charge in [0.2, 0.25) is 5.91 Å². The minimum atomic E-state index is 0.00376. The summed E-state index contributed by atoms with van der Waals surface area (Å²) >= 11 is 1.55. The lowest BCUT2D eigenvalue weighted by Crippen LogP contribution is -2.15. The molecule has 0 bridgehead atoms. The number of nitrogens with one attached hydrogen (secondary N) is 1. The Morgan fingerprint density at radius 1 is 0.958 bits per heavy atom. The fourth-order valence-electron chi connectivity index (χ4n) is 2.46. The maximum atomic E-state index is 12.2. The zero-order valence-corrected chi connectivity index (χ0v) is 14.6. The highest BCUT2D eigenvalue weighted by Gasteiger charge is 2.05. The van der Waals surface area contributed by atoms with Gasteiger partial charge in [0.15, 0.2) is 0 Å². The molecule has 0 radical (unpaired) electrons. The van der Waals surface area contributed by atoms with Crippen LogP contribution in [0.4, 0.5) is 11.4 Å². The quantitative estimate of drug-likeness (QED) is 0.689. The van der Waals surface area contributed by atoms with E-state index in [1.807, 2.05) is 55.4 Å². The summed E-state index contributed by atoms with van der Waals surface area (Å²) in [4.78, 5) is 15.3. The van der Waals surface area contributed by atoms with Crippen LogP contribution in [0, 0.1) is 0 Å². The Labute approximate surface area is 146 Å². The molecule has 3 aromatic carbocycles. The number of rotatable bonds is 5. The van der Waals surface area contributed by atoms with E-state index >= 15 is 0 Å². The number of thioether (sulfide) groups is 1. The van der Waals surface area contributed by atoms with Gasteiger partial charge >= 0.3 is 0 Å². The summed E-state index contributed by atoms with van der Waals surface area (Å²) in [6, 6.07) is 22.4. The van der Waals surface area contributed by atoms with Gasteiger partial charge in [0.05, 0.1) is 5.75 Å². The van der Waals surface area contributed by atoms with Gasteiger partial charge in [0.1, 0.15) is 0 Å². The zero-order valence-electron chi connectivity index (χ0n) is 13.8. The standard InChI is InChI=1S/C20H20N2OS/c1-22(2)18-9-5-8-17(13-18)21-20(23)14-24-19-11-10-15-6-3-4-7-16(15)12-19/h3-13H,14H2,1-2H3,(H,21,23). The molecule has 0 saturated heterocycles. The monoisotopic (exact) mass is 336 g/mol. The van der Waals surface area contributed by atoms with Gasteiger partial charge in [-0.15, -0.1) is 11.8 Å². The van der Waals surface area contributed by atoms with E-state index < -0.39 is 0 Å². The normalized spacial score (nSPS) is 10.6. The number of carbonyl (C=O) groups is 1. The Hall–Kier alpha value is -2.46. The smallest absolute Gasteiger partial charge is 0.234 e. The van der Waals surface area contributed by atoms with Crippen LogP contribution in [0.1, 0.15) is 0 Å². The molecule has 122 valence electrons.